The molecule has 0 spiro atoms. The van der Waals surface area contributed by atoms with Gasteiger partial charge in [-0.1, -0.05) is 75.4 Å². The maximum atomic E-state index is 14.0. The number of nitrogens with one attached hydrogen (secondary N) is 2. The van der Waals surface area contributed by atoms with Gasteiger partial charge in [0.25, 0.3) is 5.91 Å². The molecule has 0 aliphatic rings. The number of rotatable bonds is 10. The number of aliphatic hydroxyl groups excluding tert-OH is 1. The molecule has 0 saturated carbocycles. The quantitative estimate of drug-likeness (QED) is 0.313. The zero-order valence-corrected chi connectivity index (χ0v) is 24.2. The van der Waals surface area contributed by atoms with E-state index in [0.29, 0.717) is 11.3 Å². The number of ether oxygens (including phenoxy) is 1. The molecule has 2 atom stereocenters. The molecule has 3 amide bonds. The van der Waals surface area contributed by atoms with Crippen molar-refractivity contribution in [2.45, 2.75) is 65.6 Å². The zero-order valence-electron chi connectivity index (χ0n) is 24.2. The van der Waals surface area contributed by atoms with Crippen molar-refractivity contribution in [3.05, 3.63) is 77.9 Å². The van der Waals surface area contributed by atoms with Gasteiger partial charge in [-0.3, -0.25) is 9.59 Å². The predicted octanol–water partition coefficient (Wildman–Crippen LogP) is 5.45. The molecule has 40 heavy (non-hydrogen) atoms. The van der Waals surface area contributed by atoms with Crippen molar-refractivity contribution >= 4 is 34.4 Å². The summed E-state index contributed by atoms with van der Waals surface area (Å²) < 4.78 is 5.39. The van der Waals surface area contributed by atoms with Gasteiger partial charge in [0.1, 0.15) is 17.7 Å². The van der Waals surface area contributed by atoms with Crippen LogP contribution in [0.4, 0.5) is 10.5 Å². The summed E-state index contributed by atoms with van der Waals surface area (Å²) in [5, 5.41) is 17.6. The molecule has 2 unspecified atom stereocenters. The average Bonchev–Trinajstić information content (AvgIpc) is 2.90. The lowest BCUT2D eigenvalue weighted by Gasteiger charge is -2.35. The first-order valence-electron chi connectivity index (χ1n) is 13.7. The number of nitrogens with zero attached hydrogens (tertiary/aromatic N) is 1. The Morgan fingerprint density at radius 2 is 1.60 bits per heavy atom. The van der Waals surface area contributed by atoms with Crippen LogP contribution in [0.3, 0.4) is 0 Å². The monoisotopic (exact) mass is 547 g/mol. The largest absolute Gasteiger partial charge is 0.444 e. The third-order valence-corrected chi connectivity index (χ3v) is 6.51. The van der Waals surface area contributed by atoms with Gasteiger partial charge in [-0.05, 0) is 67.1 Å². The average molecular weight is 548 g/mol. The third kappa shape index (κ3) is 8.05. The lowest BCUT2D eigenvalue weighted by Crippen LogP contribution is -2.55. The number of hydrogen-bond donors (Lipinski definition) is 3. The van der Waals surface area contributed by atoms with Gasteiger partial charge in [0.15, 0.2) is 0 Å². The van der Waals surface area contributed by atoms with Crippen molar-refractivity contribution in [2.75, 3.05) is 18.5 Å². The highest BCUT2D eigenvalue weighted by Gasteiger charge is 2.37. The van der Waals surface area contributed by atoms with Crippen molar-refractivity contribution < 1.29 is 24.2 Å². The summed E-state index contributed by atoms with van der Waals surface area (Å²) >= 11 is 0. The molecule has 0 fully saturated rings. The standard InChI is InChI=1S/C32H41N3O5/c1-7-22-12-14-24(15-13-22)28(29(37)33-26-17-16-23-10-8-9-11-25(23)20-26)35(18-19-36)30(38)27(21(2)3)34-31(39)40-32(4,5)6/h8-17,20-21,27-28,36H,7,18-19H2,1-6H3,(H,33,37)(H,34,39). The highest BCUT2D eigenvalue weighted by atomic mass is 16.6. The molecule has 214 valence electrons. The topological polar surface area (TPSA) is 108 Å². The van der Waals surface area contributed by atoms with Crippen LogP contribution in [-0.2, 0) is 20.7 Å². The number of carbonyl (C=O) groups excluding carboxylic acids is 3. The molecule has 3 aromatic carbocycles. The predicted molar refractivity (Wildman–Crippen MR) is 158 cm³/mol. The van der Waals surface area contributed by atoms with Gasteiger partial charge in [-0.2, -0.15) is 0 Å². The molecule has 3 aromatic rings. The Kier molecular flexibility index (Phi) is 10.3. The maximum Gasteiger partial charge on any atom is 0.408 e. The van der Waals surface area contributed by atoms with Crippen LogP contribution in [0.5, 0.6) is 0 Å². The van der Waals surface area contributed by atoms with Crippen LogP contribution in [0.25, 0.3) is 10.8 Å². The first-order chi connectivity index (χ1) is 18.9. The van der Waals surface area contributed by atoms with E-state index in [9.17, 15) is 19.5 Å². The van der Waals surface area contributed by atoms with E-state index >= 15 is 0 Å². The highest BCUT2D eigenvalue weighted by molar-refractivity contribution is 6.00. The number of aliphatic hydroxyl groups is 1. The van der Waals surface area contributed by atoms with Crippen molar-refractivity contribution in [3.8, 4) is 0 Å². The smallest absolute Gasteiger partial charge is 0.408 e. The molecule has 8 heteroatoms. The lowest BCUT2D eigenvalue weighted by molar-refractivity contribution is -0.142. The number of aryl methyl sites for hydroxylation is 1. The summed E-state index contributed by atoms with van der Waals surface area (Å²) in [7, 11) is 0. The summed E-state index contributed by atoms with van der Waals surface area (Å²) in [6.07, 6.45) is 0.0934. The summed E-state index contributed by atoms with van der Waals surface area (Å²) in [4.78, 5) is 41.9. The maximum absolute atomic E-state index is 14.0. The molecule has 0 aliphatic carbocycles. The van der Waals surface area contributed by atoms with Gasteiger partial charge in [-0.15, -0.1) is 0 Å². The van der Waals surface area contributed by atoms with Gasteiger partial charge in [0, 0.05) is 12.2 Å². The van der Waals surface area contributed by atoms with E-state index < -0.39 is 35.6 Å². The van der Waals surface area contributed by atoms with Gasteiger partial charge in [0.2, 0.25) is 5.91 Å². The molecule has 0 radical (unpaired) electrons. The number of fused-ring (bicyclic) bond motifs is 1. The molecular formula is C32H41N3O5. The number of amides is 3. The first-order valence-corrected chi connectivity index (χ1v) is 13.7. The minimum Gasteiger partial charge on any atom is -0.444 e. The van der Waals surface area contributed by atoms with Gasteiger partial charge in [0.05, 0.1) is 6.61 Å². The second-order valence-corrected chi connectivity index (χ2v) is 11.2. The Morgan fingerprint density at radius 3 is 2.17 bits per heavy atom. The Hall–Kier alpha value is -3.91. The Morgan fingerprint density at radius 1 is 0.950 bits per heavy atom. The van der Waals surface area contributed by atoms with Crippen LogP contribution >= 0.6 is 0 Å². The number of alkyl carbamates (subject to hydrolysis) is 1. The fraction of sp³-hybridized carbons (Fsp3) is 0.406. The minimum absolute atomic E-state index is 0.108. The Labute approximate surface area is 236 Å². The fourth-order valence-corrected chi connectivity index (χ4v) is 4.49. The van der Waals surface area contributed by atoms with E-state index in [0.717, 1.165) is 22.8 Å². The molecule has 0 bridgehead atoms. The summed E-state index contributed by atoms with van der Waals surface area (Å²) in [6, 6.07) is 18.9. The van der Waals surface area contributed by atoms with Gasteiger partial charge in [-0.25, -0.2) is 4.79 Å². The van der Waals surface area contributed by atoms with E-state index in [1.54, 1.807) is 34.6 Å². The van der Waals surface area contributed by atoms with Crippen LogP contribution in [0.2, 0.25) is 0 Å². The summed E-state index contributed by atoms with van der Waals surface area (Å²) in [6.45, 7) is 10.4. The normalized spacial score (nSPS) is 13.0. The van der Waals surface area contributed by atoms with E-state index in [-0.39, 0.29) is 19.1 Å². The van der Waals surface area contributed by atoms with E-state index in [4.69, 9.17) is 4.74 Å². The molecule has 8 nitrogen and oxygen atoms in total. The molecule has 0 aliphatic heterocycles. The fourth-order valence-electron chi connectivity index (χ4n) is 4.49. The molecular weight excluding hydrogens is 506 g/mol. The summed E-state index contributed by atoms with van der Waals surface area (Å²) in [5.74, 6) is -1.23. The van der Waals surface area contributed by atoms with Crippen molar-refractivity contribution in [1.29, 1.82) is 0 Å². The number of carbonyl (C=O) groups is 3. The molecule has 0 heterocycles. The van der Waals surface area contributed by atoms with Crippen LogP contribution in [-0.4, -0.2) is 52.7 Å². The lowest BCUT2D eigenvalue weighted by atomic mass is 9.97. The van der Waals surface area contributed by atoms with Crippen LogP contribution in [0.1, 0.15) is 58.7 Å². The number of benzene rings is 3. The molecule has 0 aromatic heterocycles. The highest BCUT2D eigenvalue weighted by Crippen LogP contribution is 2.27. The Balaban J connectivity index is 2.00. The van der Waals surface area contributed by atoms with Crippen LogP contribution < -0.4 is 10.6 Å². The van der Waals surface area contributed by atoms with Crippen molar-refractivity contribution in [3.63, 3.8) is 0 Å². The zero-order chi connectivity index (χ0) is 29.4. The van der Waals surface area contributed by atoms with E-state index in [1.807, 2.05) is 73.7 Å². The SMILES string of the molecule is CCc1ccc(C(C(=O)Nc2ccc3ccccc3c2)N(CCO)C(=O)C(NC(=O)OC(C)(C)C)C(C)C)cc1. The molecule has 0 saturated heterocycles. The summed E-state index contributed by atoms with van der Waals surface area (Å²) in [5.41, 5.74) is 1.52. The van der Waals surface area contributed by atoms with E-state index in [1.165, 1.54) is 4.90 Å². The Bertz CT molecular complexity index is 1310. The van der Waals surface area contributed by atoms with Gasteiger partial charge >= 0.3 is 6.09 Å². The van der Waals surface area contributed by atoms with E-state index in [2.05, 4.69) is 10.6 Å². The first kappa shape index (κ1) is 30.6. The number of hydrogen-bond acceptors (Lipinski definition) is 5. The van der Waals surface area contributed by atoms with Crippen molar-refractivity contribution in [2.24, 2.45) is 5.92 Å². The third-order valence-electron chi connectivity index (χ3n) is 6.51. The molecule has 3 rings (SSSR count). The van der Waals surface area contributed by atoms with Gasteiger partial charge < -0.3 is 25.4 Å². The second kappa shape index (κ2) is 13.4. The minimum atomic E-state index is -1.06. The molecule has 3 N–H and O–H groups in total. The number of anilines is 1. The second-order valence-electron chi connectivity index (χ2n) is 11.2. The van der Waals surface area contributed by atoms with Crippen LogP contribution in [0, 0.1) is 5.92 Å². The van der Waals surface area contributed by atoms with Crippen LogP contribution in [0.15, 0.2) is 66.7 Å². The van der Waals surface area contributed by atoms with Crippen molar-refractivity contribution in [1.82, 2.24) is 10.2 Å².